The summed E-state index contributed by atoms with van der Waals surface area (Å²) in [4.78, 5) is 7.28. The van der Waals surface area contributed by atoms with E-state index in [1.807, 2.05) is 0 Å². The summed E-state index contributed by atoms with van der Waals surface area (Å²) in [5.74, 6) is 0.497. The Bertz CT molecular complexity index is 444. The summed E-state index contributed by atoms with van der Waals surface area (Å²) in [7, 11) is 0. The molecule has 1 aliphatic carbocycles. The van der Waals surface area contributed by atoms with Crippen molar-refractivity contribution in [3.63, 3.8) is 0 Å². The van der Waals surface area contributed by atoms with E-state index in [1.54, 1.807) is 11.3 Å². The Kier molecular flexibility index (Phi) is 3.88. The maximum atomic E-state index is 4.80. The number of hydrogen-bond acceptors (Lipinski definition) is 4. The molecule has 0 amide bonds. The zero-order chi connectivity index (χ0) is 12.2. The topological polar surface area (TPSA) is 28.2 Å². The number of hydrogen-bond donors (Lipinski definition) is 1. The van der Waals surface area contributed by atoms with E-state index in [0.29, 0.717) is 5.92 Å². The molecule has 18 heavy (non-hydrogen) atoms. The van der Waals surface area contributed by atoms with Gasteiger partial charge in [0.1, 0.15) is 5.01 Å². The molecular weight excluding hydrogens is 242 g/mol. The Balaban J connectivity index is 1.62. The van der Waals surface area contributed by atoms with Gasteiger partial charge in [0.15, 0.2) is 0 Å². The highest BCUT2D eigenvalue weighted by molar-refractivity contribution is 7.09. The third kappa shape index (κ3) is 2.88. The molecule has 4 heteroatoms. The van der Waals surface area contributed by atoms with Crippen LogP contribution in [0.15, 0.2) is 29.7 Å². The Hall–Kier alpha value is -0.970. The van der Waals surface area contributed by atoms with Gasteiger partial charge in [-0.15, -0.1) is 11.3 Å². The van der Waals surface area contributed by atoms with E-state index >= 15 is 0 Å². The molecule has 1 N–H and O–H groups in total. The van der Waals surface area contributed by atoms with Crippen LogP contribution in [0.5, 0.6) is 0 Å². The maximum Gasteiger partial charge on any atom is 0.100 e. The Morgan fingerprint density at radius 2 is 2.22 bits per heavy atom. The van der Waals surface area contributed by atoms with Crippen LogP contribution < -0.4 is 5.32 Å². The lowest BCUT2D eigenvalue weighted by molar-refractivity contribution is 0.231. The van der Waals surface area contributed by atoms with E-state index in [9.17, 15) is 0 Å². The van der Waals surface area contributed by atoms with Gasteiger partial charge in [-0.05, 0) is 6.42 Å². The monoisotopic (exact) mass is 261 g/mol. The van der Waals surface area contributed by atoms with Crippen molar-refractivity contribution in [2.75, 3.05) is 26.2 Å². The average molecular weight is 261 g/mol. The predicted octanol–water partition coefficient (Wildman–Crippen LogP) is 2.15. The summed E-state index contributed by atoms with van der Waals surface area (Å²) in [6, 6.07) is 0. The van der Waals surface area contributed by atoms with Crippen molar-refractivity contribution in [2.45, 2.75) is 18.9 Å². The molecule has 1 aromatic rings. The average Bonchev–Trinajstić information content (AvgIpc) is 2.89. The minimum absolute atomic E-state index is 0.497. The van der Waals surface area contributed by atoms with Gasteiger partial charge in [-0.2, -0.15) is 0 Å². The van der Waals surface area contributed by atoms with Gasteiger partial charge in [0.05, 0.1) is 5.69 Å². The van der Waals surface area contributed by atoms with E-state index in [0.717, 1.165) is 39.1 Å². The van der Waals surface area contributed by atoms with Crippen LogP contribution in [0, 0.1) is 0 Å². The second-order valence-corrected chi connectivity index (χ2v) is 5.75. The summed E-state index contributed by atoms with van der Waals surface area (Å²) in [6.07, 6.45) is 9.82. The third-order valence-corrected chi connectivity index (χ3v) is 4.49. The number of nitrogens with zero attached hydrogens (tertiary/aromatic N) is 2. The van der Waals surface area contributed by atoms with Crippen LogP contribution >= 0.6 is 11.3 Å². The SMILES string of the molecule is C1=CCC(c2nc(CN3CCNCC3)cs2)C=C1. The van der Waals surface area contributed by atoms with Crippen LogP contribution in [0.3, 0.4) is 0 Å². The van der Waals surface area contributed by atoms with Crippen molar-refractivity contribution in [3.05, 3.63) is 40.4 Å². The standard InChI is InChI=1S/C14H19N3S/c1-2-4-12(5-3-1)14-16-13(11-18-14)10-17-8-6-15-7-9-17/h1-4,11-12,15H,5-10H2. The van der Waals surface area contributed by atoms with Crippen molar-refractivity contribution in [1.29, 1.82) is 0 Å². The molecule has 1 unspecified atom stereocenters. The molecule has 3 nitrogen and oxygen atoms in total. The molecule has 1 atom stereocenters. The predicted molar refractivity (Wildman–Crippen MR) is 75.9 cm³/mol. The summed E-state index contributed by atoms with van der Waals surface area (Å²) in [6.45, 7) is 5.49. The fourth-order valence-electron chi connectivity index (χ4n) is 2.43. The van der Waals surface area contributed by atoms with E-state index in [2.05, 4.69) is 39.9 Å². The molecule has 1 aromatic heterocycles. The van der Waals surface area contributed by atoms with Crippen LogP contribution in [0.25, 0.3) is 0 Å². The van der Waals surface area contributed by atoms with Gasteiger partial charge in [-0.1, -0.05) is 24.3 Å². The largest absolute Gasteiger partial charge is 0.314 e. The summed E-state index contributed by atoms with van der Waals surface area (Å²) >= 11 is 1.81. The molecular formula is C14H19N3S. The molecule has 1 aliphatic heterocycles. The number of piperazine rings is 1. The first-order chi connectivity index (χ1) is 8.92. The molecule has 96 valence electrons. The highest BCUT2D eigenvalue weighted by atomic mass is 32.1. The number of rotatable bonds is 3. The van der Waals surface area contributed by atoms with Crippen LogP contribution in [0.2, 0.25) is 0 Å². The molecule has 1 saturated heterocycles. The molecule has 2 aliphatic rings. The lowest BCUT2D eigenvalue weighted by atomic mass is 10.0. The second kappa shape index (κ2) is 5.78. The molecule has 2 heterocycles. The second-order valence-electron chi connectivity index (χ2n) is 4.86. The summed E-state index contributed by atoms with van der Waals surface area (Å²) in [5.41, 5.74) is 1.24. The first kappa shape index (κ1) is 12.1. The molecule has 0 bridgehead atoms. The Labute approximate surface area is 112 Å². The third-order valence-electron chi connectivity index (χ3n) is 3.46. The summed E-state index contributed by atoms with van der Waals surface area (Å²) in [5, 5.41) is 6.87. The quantitative estimate of drug-likeness (QED) is 0.903. The van der Waals surface area contributed by atoms with Crippen molar-refractivity contribution < 1.29 is 0 Å². The lowest BCUT2D eigenvalue weighted by Gasteiger charge is -2.26. The number of allylic oxidation sites excluding steroid dienone is 4. The first-order valence-electron chi connectivity index (χ1n) is 6.62. The molecule has 3 rings (SSSR count). The van der Waals surface area contributed by atoms with E-state index in [4.69, 9.17) is 4.98 Å². The molecule has 1 fully saturated rings. The first-order valence-corrected chi connectivity index (χ1v) is 7.50. The van der Waals surface area contributed by atoms with Gasteiger partial charge in [-0.25, -0.2) is 4.98 Å². The normalized spacial score (nSPS) is 24.6. The van der Waals surface area contributed by atoms with Crippen molar-refractivity contribution in [3.8, 4) is 0 Å². The Morgan fingerprint density at radius 3 is 3.00 bits per heavy atom. The van der Waals surface area contributed by atoms with Crippen molar-refractivity contribution >= 4 is 11.3 Å². The van der Waals surface area contributed by atoms with Gasteiger partial charge >= 0.3 is 0 Å². The molecule has 0 saturated carbocycles. The minimum Gasteiger partial charge on any atom is -0.314 e. The number of aromatic nitrogens is 1. The maximum absolute atomic E-state index is 4.80. The highest BCUT2D eigenvalue weighted by Gasteiger charge is 2.15. The minimum atomic E-state index is 0.497. The fraction of sp³-hybridized carbons (Fsp3) is 0.500. The molecule has 0 radical (unpaired) electrons. The number of thiazole rings is 1. The number of nitrogens with one attached hydrogen (secondary N) is 1. The molecule has 0 aromatic carbocycles. The van der Waals surface area contributed by atoms with Gasteiger partial charge in [0.2, 0.25) is 0 Å². The van der Waals surface area contributed by atoms with Crippen LogP contribution in [0.1, 0.15) is 23.0 Å². The molecule has 0 spiro atoms. The van der Waals surface area contributed by atoms with E-state index in [-0.39, 0.29) is 0 Å². The highest BCUT2D eigenvalue weighted by Crippen LogP contribution is 2.27. The summed E-state index contributed by atoms with van der Waals surface area (Å²) < 4.78 is 0. The van der Waals surface area contributed by atoms with E-state index in [1.165, 1.54) is 10.7 Å². The van der Waals surface area contributed by atoms with Gasteiger partial charge in [-0.3, -0.25) is 4.90 Å². The van der Waals surface area contributed by atoms with Gasteiger partial charge in [0, 0.05) is 44.0 Å². The smallest absolute Gasteiger partial charge is 0.100 e. The fourth-order valence-corrected chi connectivity index (χ4v) is 3.33. The van der Waals surface area contributed by atoms with E-state index < -0.39 is 0 Å². The van der Waals surface area contributed by atoms with Crippen LogP contribution in [-0.4, -0.2) is 36.1 Å². The van der Waals surface area contributed by atoms with Gasteiger partial charge < -0.3 is 5.32 Å². The zero-order valence-corrected chi connectivity index (χ0v) is 11.3. The zero-order valence-electron chi connectivity index (χ0n) is 10.5. The van der Waals surface area contributed by atoms with Crippen LogP contribution in [-0.2, 0) is 6.54 Å². The van der Waals surface area contributed by atoms with Crippen molar-refractivity contribution in [2.24, 2.45) is 0 Å². The van der Waals surface area contributed by atoms with Crippen LogP contribution in [0.4, 0.5) is 0 Å². The van der Waals surface area contributed by atoms with Gasteiger partial charge in [0.25, 0.3) is 0 Å². The van der Waals surface area contributed by atoms with Crippen molar-refractivity contribution in [1.82, 2.24) is 15.2 Å². The Morgan fingerprint density at radius 1 is 1.33 bits per heavy atom. The lowest BCUT2D eigenvalue weighted by Crippen LogP contribution is -2.42.